The van der Waals surface area contributed by atoms with Crippen LogP contribution in [0.3, 0.4) is 0 Å². The first-order valence-electron chi connectivity index (χ1n) is 14.8. The second-order valence-corrected chi connectivity index (χ2v) is 13.8. The number of hydrogen-bond donors (Lipinski definition) is 1. The summed E-state index contributed by atoms with van der Waals surface area (Å²) >= 11 is 12.6. The van der Waals surface area contributed by atoms with Crippen molar-refractivity contribution >= 4 is 50.7 Å². The summed E-state index contributed by atoms with van der Waals surface area (Å²) in [7, 11) is -2.69. The molecule has 0 bridgehead atoms. The van der Waals surface area contributed by atoms with Crippen LogP contribution in [0.5, 0.6) is 5.75 Å². The zero-order valence-electron chi connectivity index (χ0n) is 25.3. The first kappa shape index (κ1) is 33.6. The lowest BCUT2D eigenvalue weighted by molar-refractivity contribution is -0.140. The van der Waals surface area contributed by atoms with Crippen molar-refractivity contribution in [2.75, 3.05) is 18.0 Å². The van der Waals surface area contributed by atoms with Crippen molar-refractivity contribution in [2.45, 2.75) is 75.9 Å². The van der Waals surface area contributed by atoms with Crippen molar-refractivity contribution in [1.29, 1.82) is 0 Å². The molecular weight excluding hydrogens is 621 g/mol. The molecule has 236 valence electrons. The van der Waals surface area contributed by atoms with Crippen LogP contribution in [-0.2, 0) is 26.2 Å². The molecule has 1 saturated carbocycles. The van der Waals surface area contributed by atoms with Crippen molar-refractivity contribution in [1.82, 2.24) is 10.2 Å². The number of methoxy groups -OCH3 is 1. The van der Waals surface area contributed by atoms with Gasteiger partial charge in [0.1, 0.15) is 18.3 Å². The smallest absolute Gasteiger partial charge is 0.264 e. The average Bonchev–Trinajstić information content (AvgIpc) is 3.00. The normalized spacial score (nSPS) is 14.5. The molecule has 1 aliphatic carbocycles. The lowest BCUT2D eigenvalue weighted by atomic mass is 9.95. The number of amides is 2. The fraction of sp³-hybridized carbons (Fsp3) is 0.394. The zero-order chi connectivity index (χ0) is 31.9. The Morgan fingerprint density at radius 3 is 2.25 bits per heavy atom. The van der Waals surface area contributed by atoms with Crippen LogP contribution in [0.1, 0.15) is 56.6 Å². The van der Waals surface area contributed by atoms with E-state index in [4.69, 9.17) is 27.9 Å². The van der Waals surface area contributed by atoms with Crippen LogP contribution in [0.25, 0.3) is 0 Å². The Labute approximate surface area is 270 Å². The van der Waals surface area contributed by atoms with Gasteiger partial charge in [0.2, 0.25) is 11.8 Å². The molecule has 1 fully saturated rings. The van der Waals surface area contributed by atoms with Gasteiger partial charge in [-0.2, -0.15) is 0 Å². The van der Waals surface area contributed by atoms with E-state index in [1.165, 1.54) is 35.2 Å². The van der Waals surface area contributed by atoms with Gasteiger partial charge in [0.15, 0.2) is 0 Å². The summed E-state index contributed by atoms with van der Waals surface area (Å²) in [5, 5.41) is 3.59. The maximum atomic E-state index is 14.3. The van der Waals surface area contributed by atoms with Crippen LogP contribution in [0.2, 0.25) is 10.0 Å². The summed E-state index contributed by atoms with van der Waals surface area (Å²) in [4.78, 5) is 29.5. The van der Waals surface area contributed by atoms with Crippen molar-refractivity contribution in [3.05, 3.63) is 87.9 Å². The molecule has 11 heteroatoms. The van der Waals surface area contributed by atoms with Crippen molar-refractivity contribution < 1.29 is 22.7 Å². The van der Waals surface area contributed by atoms with E-state index in [1.54, 1.807) is 31.4 Å². The highest BCUT2D eigenvalue weighted by Crippen LogP contribution is 2.30. The number of carbonyl (C=O) groups is 2. The van der Waals surface area contributed by atoms with Gasteiger partial charge in [-0.1, -0.05) is 79.2 Å². The van der Waals surface area contributed by atoms with Crippen molar-refractivity contribution in [2.24, 2.45) is 0 Å². The molecular formula is C33H39Cl2N3O5S. The van der Waals surface area contributed by atoms with E-state index in [9.17, 15) is 18.0 Å². The molecule has 3 aromatic rings. The third-order valence-electron chi connectivity index (χ3n) is 7.85. The van der Waals surface area contributed by atoms with Crippen LogP contribution < -0.4 is 14.4 Å². The third kappa shape index (κ3) is 8.46. The number of aryl methyl sites for hydroxylation is 1. The van der Waals surface area contributed by atoms with E-state index < -0.39 is 28.5 Å². The highest BCUT2D eigenvalue weighted by atomic mass is 35.5. The number of benzene rings is 3. The summed E-state index contributed by atoms with van der Waals surface area (Å²) in [6.07, 6.45) is 5.35. The SMILES string of the molecule is CC[C@@H](C(=O)NC1CCCCC1)N(Cc1cccc(OC)c1)C(=O)CN(c1cc(Cl)cc(Cl)c1)S(=O)(=O)c1ccc(C)cc1. The molecule has 0 unspecified atom stereocenters. The molecule has 0 heterocycles. The number of hydrogen-bond acceptors (Lipinski definition) is 5. The Bertz CT molecular complexity index is 1540. The lowest BCUT2D eigenvalue weighted by Gasteiger charge is -2.34. The minimum absolute atomic E-state index is 0.00780. The number of rotatable bonds is 12. The monoisotopic (exact) mass is 659 g/mol. The molecule has 44 heavy (non-hydrogen) atoms. The minimum Gasteiger partial charge on any atom is -0.497 e. The molecule has 0 aliphatic heterocycles. The average molecular weight is 661 g/mol. The van der Waals surface area contributed by atoms with E-state index >= 15 is 0 Å². The van der Waals surface area contributed by atoms with Crippen molar-refractivity contribution in [3.8, 4) is 5.75 Å². The number of carbonyl (C=O) groups excluding carboxylic acids is 2. The number of sulfonamides is 1. The Hall–Kier alpha value is -3.27. The molecule has 3 aromatic carbocycles. The first-order valence-corrected chi connectivity index (χ1v) is 17.0. The Balaban J connectivity index is 1.74. The molecule has 1 aliphatic rings. The zero-order valence-corrected chi connectivity index (χ0v) is 27.6. The molecule has 0 saturated heterocycles. The number of anilines is 1. The van der Waals surface area contributed by atoms with Gasteiger partial charge in [0.05, 0.1) is 17.7 Å². The summed E-state index contributed by atoms with van der Waals surface area (Å²) in [6, 6.07) is 17.2. The van der Waals surface area contributed by atoms with Gasteiger partial charge in [-0.3, -0.25) is 13.9 Å². The van der Waals surface area contributed by atoms with Crippen LogP contribution in [-0.4, -0.2) is 50.9 Å². The van der Waals surface area contributed by atoms with Gasteiger partial charge in [0.25, 0.3) is 10.0 Å². The molecule has 1 N–H and O–H groups in total. The lowest BCUT2D eigenvalue weighted by Crippen LogP contribution is -2.54. The highest BCUT2D eigenvalue weighted by molar-refractivity contribution is 7.92. The van der Waals surface area contributed by atoms with E-state index in [2.05, 4.69) is 5.32 Å². The second kappa shape index (κ2) is 15.1. The van der Waals surface area contributed by atoms with Gasteiger partial charge in [-0.25, -0.2) is 8.42 Å². The predicted octanol–water partition coefficient (Wildman–Crippen LogP) is 6.76. The molecule has 0 aromatic heterocycles. The molecule has 0 spiro atoms. The summed E-state index contributed by atoms with van der Waals surface area (Å²) in [6.45, 7) is 3.19. The van der Waals surface area contributed by atoms with Crippen LogP contribution in [0.15, 0.2) is 71.6 Å². The first-order chi connectivity index (χ1) is 21.0. The van der Waals surface area contributed by atoms with Gasteiger partial charge >= 0.3 is 0 Å². The van der Waals surface area contributed by atoms with Crippen LogP contribution in [0, 0.1) is 6.92 Å². The highest BCUT2D eigenvalue weighted by Gasteiger charge is 2.34. The quantitative estimate of drug-likeness (QED) is 0.232. The number of nitrogens with zero attached hydrogens (tertiary/aromatic N) is 2. The predicted molar refractivity (Wildman–Crippen MR) is 175 cm³/mol. The van der Waals surface area contributed by atoms with Crippen LogP contribution in [0.4, 0.5) is 5.69 Å². The molecule has 1 atom stereocenters. The molecule has 0 radical (unpaired) electrons. The Morgan fingerprint density at radius 2 is 1.64 bits per heavy atom. The summed E-state index contributed by atoms with van der Waals surface area (Å²) in [5.74, 6) is -0.202. The van der Waals surface area contributed by atoms with Gasteiger partial charge < -0.3 is 15.0 Å². The third-order valence-corrected chi connectivity index (χ3v) is 10.1. The topological polar surface area (TPSA) is 96.0 Å². The summed E-state index contributed by atoms with van der Waals surface area (Å²) < 4.78 is 34.5. The second-order valence-electron chi connectivity index (χ2n) is 11.1. The van der Waals surface area contributed by atoms with Gasteiger partial charge in [-0.05, 0) is 74.2 Å². The Kier molecular flexibility index (Phi) is 11.6. The largest absolute Gasteiger partial charge is 0.497 e. The fourth-order valence-electron chi connectivity index (χ4n) is 5.48. The molecule has 2 amide bonds. The Morgan fingerprint density at radius 1 is 0.977 bits per heavy atom. The van der Waals surface area contributed by atoms with Gasteiger partial charge in [0, 0.05) is 22.6 Å². The summed E-state index contributed by atoms with van der Waals surface area (Å²) in [5.41, 5.74) is 1.76. The van der Waals surface area contributed by atoms with Gasteiger partial charge in [-0.15, -0.1) is 0 Å². The van der Waals surface area contributed by atoms with Crippen molar-refractivity contribution in [3.63, 3.8) is 0 Å². The molecule has 8 nitrogen and oxygen atoms in total. The number of halogens is 2. The number of ether oxygens (including phenoxy) is 1. The number of nitrogens with one attached hydrogen (secondary N) is 1. The van der Waals surface area contributed by atoms with E-state index in [0.717, 1.165) is 47.5 Å². The van der Waals surface area contributed by atoms with E-state index in [0.29, 0.717) is 12.2 Å². The minimum atomic E-state index is -4.24. The maximum Gasteiger partial charge on any atom is 0.264 e. The maximum absolute atomic E-state index is 14.3. The van der Waals surface area contributed by atoms with E-state index in [-0.39, 0.29) is 39.1 Å². The van der Waals surface area contributed by atoms with E-state index in [1.807, 2.05) is 26.0 Å². The molecule has 4 rings (SSSR count). The standard InChI is InChI=1S/C33H39Cl2N3O5S/c1-4-31(33(40)36-27-10-6-5-7-11-27)37(21-24-9-8-12-29(17-24)43-3)32(39)22-38(28-19-25(34)18-26(35)20-28)44(41,42)30-15-13-23(2)14-16-30/h8-9,12-20,27,31H,4-7,10-11,21-22H2,1-3H3,(H,36,40)/t31-/m0/s1. The van der Waals surface area contributed by atoms with Crippen LogP contribution >= 0.6 is 23.2 Å². The fourth-order valence-corrected chi connectivity index (χ4v) is 7.39.